The summed E-state index contributed by atoms with van der Waals surface area (Å²) in [6, 6.07) is 9.88. The molecule has 22 heavy (non-hydrogen) atoms. The fourth-order valence-corrected chi connectivity index (χ4v) is 2.01. The van der Waals surface area contributed by atoms with Crippen LogP contribution in [0.3, 0.4) is 0 Å². The molecular formula is C15H10ClF2N3O. The number of hydrogen-bond acceptors (Lipinski definition) is 4. The van der Waals surface area contributed by atoms with Gasteiger partial charge < -0.3 is 9.73 Å². The molecule has 0 saturated heterocycles. The van der Waals surface area contributed by atoms with E-state index in [0.29, 0.717) is 10.6 Å². The van der Waals surface area contributed by atoms with Gasteiger partial charge in [-0.05, 0) is 42.5 Å². The van der Waals surface area contributed by atoms with Crippen molar-refractivity contribution in [3.63, 3.8) is 0 Å². The summed E-state index contributed by atoms with van der Waals surface area (Å²) in [7, 11) is 0. The Balaban J connectivity index is 1.72. The van der Waals surface area contributed by atoms with Gasteiger partial charge in [0, 0.05) is 10.6 Å². The molecule has 0 amide bonds. The summed E-state index contributed by atoms with van der Waals surface area (Å²) in [4.78, 5) is 0. The topological polar surface area (TPSA) is 51.0 Å². The monoisotopic (exact) mass is 321 g/mol. The lowest BCUT2D eigenvalue weighted by Crippen LogP contribution is -2.01. The number of nitrogens with zero attached hydrogens (tertiary/aromatic N) is 2. The van der Waals surface area contributed by atoms with Crippen molar-refractivity contribution in [3.8, 4) is 11.5 Å². The van der Waals surface area contributed by atoms with Gasteiger partial charge in [0.1, 0.15) is 11.6 Å². The Morgan fingerprint density at radius 2 is 1.82 bits per heavy atom. The number of aromatic nitrogens is 2. The maximum atomic E-state index is 13.6. The summed E-state index contributed by atoms with van der Waals surface area (Å²) in [6.45, 7) is 0.144. The normalized spacial score (nSPS) is 10.7. The van der Waals surface area contributed by atoms with Gasteiger partial charge in [-0.25, -0.2) is 8.78 Å². The van der Waals surface area contributed by atoms with Crippen molar-refractivity contribution in [3.05, 3.63) is 65.0 Å². The van der Waals surface area contributed by atoms with E-state index in [9.17, 15) is 8.78 Å². The van der Waals surface area contributed by atoms with Gasteiger partial charge in [0.2, 0.25) is 11.8 Å². The van der Waals surface area contributed by atoms with Crippen LogP contribution in [0.4, 0.5) is 14.5 Å². The molecule has 0 aliphatic carbocycles. The maximum absolute atomic E-state index is 13.6. The van der Waals surface area contributed by atoms with Crippen molar-refractivity contribution in [2.24, 2.45) is 0 Å². The van der Waals surface area contributed by atoms with Gasteiger partial charge >= 0.3 is 0 Å². The zero-order valence-corrected chi connectivity index (χ0v) is 11.9. The molecule has 0 bridgehead atoms. The molecule has 3 aromatic rings. The predicted octanol–water partition coefficient (Wildman–Crippen LogP) is 4.28. The zero-order valence-electron chi connectivity index (χ0n) is 11.2. The van der Waals surface area contributed by atoms with Crippen molar-refractivity contribution in [1.82, 2.24) is 10.2 Å². The molecule has 2 aromatic carbocycles. The van der Waals surface area contributed by atoms with Crippen LogP contribution in [0, 0.1) is 11.6 Å². The van der Waals surface area contributed by atoms with E-state index in [0.717, 1.165) is 0 Å². The summed E-state index contributed by atoms with van der Waals surface area (Å²) >= 11 is 5.81. The third-order valence-electron chi connectivity index (χ3n) is 2.92. The summed E-state index contributed by atoms with van der Waals surface area (Å²) in [6.07, 6.45) is 0. The molecule has 1 aromatic heterocycles. The Kier molecular flexibility index (Phi) is 4.02. The lowest BCUT2D eigenvalue weighted by Gasteiger charge is -2.05. The fourth-order valence-electron chi connectivity index (χ4n) is 1.84. The minimum Gasteiger partial charge on any atom is -0.419 e. The molecule has 0 spiro atoms. The van der Waals surface area contributed by atoms with Crippen LogP contribution in [0.25, 0.3) is 11.5 Å². The van der Waals surface area contributed by atoms with Gasteiger partial charge in [0.15, 0.2) is 0 Å². The molecule has 0 aliphatic heterocycles. The van der Waals surface area contributed by atoms with E-state index >= 15 is 0 Å². The summed E-state index contributed by atoms with van der Waals surface area (Å²) in [5.74, 6) is -0.230. The summed E-state index contributed by atoms with van der Waals surface area (Å²) in [5, 5.41) is 11.0. The van der Waals surface area contributed by atoms with Gasteiger partial charge in [-0.3, -0.25) is 0 Å². The highest BCUT2D eigenvalue weighted by Crippen LogP contribution is 2.21. The van der Waals surface area contributed by atoms with Crippen LogP contribution in [0.2, 0.25) is 5.02 Å². The van der Waals surface area contributed by atoms with Crippen LogP contribution < -0.4 is 5.32 Å². The number of anilines is 1. The highest BCUT2D eigenvalue weighted by Gasteiger charge is 2.10. The van der Waals surface area contributed by atoms with E-state index in [1.807, 2.05) is 0 Å². The first-order chi connectivity index (χ1) is 10.6. The Hall–Kier alpha value is -2.47. The molecule has 1 heterocycles. The molecule has 0 atom stereocenters. The number of rotatable bonds is 4. The van der Waals surface area contributed by atoms with Gasteiger partial charge in [-0.1, -0.05) is 11.6 Å². The third-order valence-corrected chi connectivity index (χ3v) is 3.15. The van der Waals surface area contributed by atoms with Crippen molar-refractivity contribution < 1.29 is 13.2 Å². The second kappa shape index (κ2) is 6.11. The van der Waals surface area contributed by atoms with Crippen LogP contribution in [-0.4, -0.2) is 10.2 Å². The predicted molar refractivity (Wildman–Crippen MR) is 78.4 cm³/mol. The van der Waals surface area contributed by atoms with Crippen LogP contribution in [0.1, 0.15) is 5.89 Å². The maximum Gasteiger partial charge on any atom is 0.247 e. The van der Waals surface area contributed by atoms with Gasteiger partial charge in [0.25, 0.3) is 0 Å². The van der Waals surface area contributed by atoms with Crippen LogP contribution in [0.5, 0.6) is 0 Å². The first kappa shape index (κ1) is 14.5. The molecule has 0 radical (unpaired) electrons. The molecule has 7 heteroatoms. The van der Waals surface area contributed by atoms with Crippen molar-refractivity contribution in [2.75, 3.05) is 5.32 Å². The largest absolute Gasteiger partial charge is 0.419 e. The van der Waals surface area contributed by atoms with Crippen LogP contribution >= 0.6 is 11.6 Å². The van der Waals surface area contributed by atoms with Crippen LogP contribution in [0.15, 0.2) is 46.9 Å². The smallest absolute Gasteiger partial charge is 0.247 e. The van der Waals surface area contributed by atoms with E-state index in [-0.39, 0.29) is 29.8 Å². The Bertz CT molecular complexity index is 790. The van der Waals surface area contributed by atoms with Gasteiger partial charge in [0.05, 0.1) is 12.2 Å². The van der Waals surface area contributed by atoms with Gasteiger partial charge in [-0.2, -0.15) is 0 Å². The van der Waals surface area contributed by atoms with Crippen molar-refractivity contribution in [1.29, 1.82) is 0 Å². The zero-order chi connectivity index (χ0) is 15.5. The molecule has 0 unspecified atom stereocenters. The van der Waals surface area contributed by atoms with E-state index in [1.165, 1.54) is 42.5 Å². The van der Waals surface area contributed by atoms with E-state index in [2.05, 4.69) is 15.5 Å². The number of nitrogens with one attached hydrogen (secondary N) is 1. The highest BCUT2D eigenvalue weighted by atomic mass is 35.5. The van der Waals surface area contributed by atoms with Crippen molar-refractivity contribution >= 4 is 17.3 Å². The minimum absolute atomic E-state index is 0.144. The molecule has 0 aliphatic rings. The second-order valence-electron chi connectivity index (χ2n) is 4.49. The van der Waals surface area contributed by atoms with Gasteiger partial charge in [-0.15, -0.1) is 10.2 Å². The average Bonchev–Trinajstić information content (AvgIpc) is 2.98. The Morgan fingerprint density at radius 1 is 1.05 bits per heavy atom. The Morgan fingerprint density at radius 3 is 2.59 bits per heavy atom. The highest BCUT2D eigenvalue weighted by molar-refractivity contribution is 6.30. The molecule has 0 saturated carbocycles. The molecule has 1 N–H and O–H groups in total. The molecule has 112 valence electrons. The summed E-state index contributed by atoms with van der Waals surface area (Å²) < 4.78 is 31.9. The standard InChI is InChI=1S/C15H10ClF2N3O/c16-10-3-6-12(18)13(7-10)19-8-14-20-21-15(22-14)9-1-4-11(17)5-2-9/h1-7,19H,8H2. The molecule has 3 rings (SSSR count). The first-order valence-corrected chi connectivity index (χ1v) is 6.77. The van der Waals surface area contributed by atoms with E-state index in [4.69, 9.17) is 16.0 Å². The number of hydrogen-bond donors (Lipinski definition) is 1. The number of benzene rings is 2. The minimum atomic E-state index is -0.428. The average molecular weight is 322 g/mol. The Labute approximate surface area is 129 Å². The van der Waals surface area contributed by atoms with E-state index in [1.54, 1.807) is 0 Å². The third kappa shape index (κ3) is 3.23. The lowest BCUT2D eigenvalue weighted by atomic mass is 10.2. The molecular weight excluding hydrogens is 312 g/mol. The number of halogens is 3. The summed E-state index contributed by atoms with van der Waals surface area (Å²) in [5.41, 5.74) is 0.850. The first-order valence-electron chi connectivity index (χ1n) is 6.39. The SMILES string of the molecule is Fc1ccc(-c2nnc(CNc3cc(Cl)ccc3F)o2)cc1. The quantitative estimate of drug-likeness (QED) is 0.779. The molecule has 4 nitrogen and oxygen atoms in total. The fraction of sp³-hybridized carbons (Fsp3) is 0.0667. The van der Waals surface area contributed by atoms with E-state index < -0.39 is 5.82 Å². The second-order valence-corrected chi connectivity index (χ2v) is 4.92. The van der Waals surface area contributed by atoms with Crippen molar-refractivity contribution in [2.45, 2.75) is 6.54 Å². The molecule has 0 fully saturated rings. The lowest BCUT2D eigenvalue weighted by molar-refractivity contribution is 0.514. The van der Waals surface area contributed by atoms with Crippen LogP contribution in [-0.2, 0) is 6.54 Å².